The summed E-state index contributed by atoms with van der Waals surface area (Å²) in [6, 6.07) is 12.9. The second kappa shape index (κ2) is 6.07. The van der Waals surface area contributed by atoms with Crippen LogP contribution in [0.5, 0.6) is 0 Å². The van der Waals surface area contributed by atoms with Crippen LogP contribution in [0, 0.1) is 0 Å². The summed E-state index contributed by atoms with van der Waals surface area (Å²) in [6.07, 6.45) is -0.215. The van der Waals surface area contributed by atoms with Crippen LogP contribution in [0.15, 0.2) is 46.9 Å². The molecule has 0 aromatic heterocycles. The van der Waals surface area contributed by atoms with Crippen LogP contribution in [0.4, 0.5) is 0 Å². The number of aliphatic hydroxyl groups excluding tert-OH is 1. The van der Waals surface area contributed by atoms with Gasteiger partial charge in [0.25, 0.3) is 0 Å². The Morgan fingerprint density at radius 1 is 1.06 bits per heavy atom. The van der Waals surface area contributed by atoms with E-state index in [2.05, 4.69) is 15.9 Å². The Morgan fingerprint density at radius 3 is 2.44 bits per heavy atom. The molecule has 0 aliphatic rings. The minimum absolute atomic E-state index is 0.440. The van der Waals surface area contributed by atoms with E-state index >= 15 is 0 Å². The molecule has 94 valence electrons. The molecule has 0 amide bonds. The van der Waals surface area contributed by atoms with Gasteiger partial charge >= 0.3 is 0 Å². The monoisotopic (exact) mass is 344 g/mol. The third-order valence-corrected chi connectivity index (χ3v) is 3.88. The van der Waals surface area contributed by atoms with Gasteiger partial charge in [-0.3, -0.25) is 0 Å². The van der Waals surface area contributed by atoms with E-state index in [0.717, 1.165) is 15.6 Å². The molecule has 0 saturated carbocycles. The number of hydrogen-bond acceptors (Lipinski definition) is 1. The first-order valence-electron chi connectivity index (χ1n) is 5.44. The molecule has 0 saturated heterocycles. The molecule has 0 spiro atoms. The maximum absolute atomic E-state index is 10.2. The summed E-state index contributed by atoms with van der Waals surface area (Å²) >= 11 is 15.5. The smallest absolute Gasteiger partial charge is 0.0845 e. The number of aliphatic hydroxyl groups is 1. The van der Waals surface area contributed by atoms with Gasteiger partial charge in [0.1, 0.15) is 0 Å². The molecule has 0 aliphatic carbocycles. The highest BCUT2D eigenvalue weighted by atomic mass is 79.9. The molecule has 1 nitrogen and oxygen atoms in total. The van der Waals surface area contributed by atoms with Gasteiger partial charge < -0.3 is 5.11 Å². The topological polar surface area (TPSA) is 20.2 Å². The predicted octanol–water partition coefficient (Wildman–Crippen LogP) is 5.03. The SMILES string of the molecule is OC(Cc1ccc(Br)cc1Cl)c1ccccc1Cl. The Morgan fingerprint density at radius 2 is 1.78 bits per heavy atom. The zero-order valence-electron chi connectivity index (χ0n) is 9.41. The molecular formula is C14H11BrCl2O. The van der Waals surface area contributed by atoms with Crippen molar-refractivity contribution in [2.45, 2.75) is 12.5 Å². The molecule has 0 fully saturated rings. The van der Waals surface area contributed by atoms with Gasteiger partial charge in [0, 0.05) is 20.9 Å². The summed E-state index contributed by atoms with van der Waals surface area (Å²) in [7, 11) is 0. The van der Waals surface area contributed by atoms with Gasteiger partial charge in [-0.25, -0.2) is 0 Å². The van der Waals surface area contributed by atoms with E-state index in [0.29, 0.717) is 16.5 Å². The average molecular weight is 346 g/mol. The van der Waals surface area contributed by atoms with Crippen molar-refractivity contribution in [1.29, 1.82) is 0 Å². The van der Waals surface area contributed by atoms with E-state index in [1.54, 1.807) is 6.07 Å². The van der Waals surface area contributed by atoms with Gasteiger partial charge in [-0.1, -0.05) is 63.4 Å². The lowest BCUT2D eigenvalue weighted by molar-refractivity contribution is 0.178. The van der Waals surface area contributed by atoms with Crippen molar-refractivity contribution >= 4 is 39.1 Å². The summed E-state index contributed by atoms with van der Waals surface area (Å²) in [5, 5.41) is 11.4. The van der Waals surface area contributed by atoms with Gasteiger partial charge in [0.15, 0.2) is 0 Å². The first-order chi connectivity index (χ1) is 8.58. The molecule has 1 N–H and O–H groups in total. The molecule has 2 aromatic rings. The van der Waals surface area contributed by atoms with E-state index in [-0.39, 0.29) is 0 Å². The second-order valence-corrected chi connectivity index (χ2v) is 5.71. The predicted molar refractivity (Wildman–Crippen MR) is 79.3 cm³/mol. The summed E-state index contributed by atoms with van der Waals surface area (Å²) in [4.78, 5) is 0. The van der Waals surface area contributed by atoms with Crippen LogP contribution in [0.3, 0.4) is 0 Å². The molecular weight excluding hydrogens is 335 g/mol. The van der Waals surface area contributed by atoms with Crippen LogP contribution in [0.2, 0.25) is 10.0 Å². The summed E-state index contributed by atoms with van der Waals surface area (Å²) in [5.74, 6) is 0. The third kappa shape index (κ3) is 3.27. The fourth-order valence-electron chi connectivity index (χ4n) is 1.75. The quantitative estimate of drug-likeness (QED) is 0.826. The summed E-state index contributed by atoms with van der Waals surface area (Å²) in [6.45, 7) is 0. The highest BCUT2D eigenvalue weighted by Crippen LogP contribution is 2.29. The molecule has 4 heteroatoms. The van der Waals surface area contributed by atoms with Gasteiger partial charge in [0.2, 0.25) is 0 Å². The molecule has 1 atom stereocenters. The zero-order valence-corrected chi connectivity index (χ0v) is 12.5. The van der Waals surface area contributed by atoms with Crippen molar-refractivity contribution < 1.29 is 5.11 Å². The largest absolute Gasteiger partial charge is 0.388 e. The van der Waals surface area contributed by atoms with Crippen molar-refractivity contribution in [3.05, 3.63) is 68.1 Å². The van der Waals surface area contributed by atoms with Gasteiger partial charge in [0.05, 0.1) is 6.10 Å². The normalized spacial score (nSPS) is 12.4. The second-order valence-electron chi connectivity index (χ2n) is 3.98. The lowest BCUT2D eigenvalue weighted by Gasteiger charge is -2.13. The molecule has 0 bridgehead atoms. The third-order valence-electron chi connectivity index (χ3n) is 2.69. The van der Waals surface area contributed by atoms with Crippen LogP contribution in [-0.2, 0) is 6.42 Å². The van der Waals surface area contributed by atoms with E-state index in [1.165, 1.54) is 0 Å². The van der Waals surface area contributed by atoms with Crippen molar-refractivity contribution in [3.63, 3.8) is 0 Å². The fourth-order valence-corrected chi connectivity index (χ4v) is 2.76. The van der Waals surface area contributed by atoms with Crippen molar-refractivity contribution in [2.24, 2.45) is 0 Å². The van der Waals surface area contributed by atoms with E-state index in [1.807, 2.05) is 36.4 Å². The van der Waals surface area contributed by atoms with Gasteiger partial charge in [-0.15, -0.1) is 0 Å². The number of halogens is 3. The highest BCUT2D eigenvalue weighted by molar-refractivity contribution is 9.10. The first-order valence-corrected chi connectivity index (χ1v) is 6.99. The average Bonchev–Trinajstić information content (AvgIpc) is 2.33. The number of hydrogen-bond donors (Lipinski definition) is 1. The lowest BCUT2D eigenvalue weighted by atomic mass is 10.0. The molecule has 2 rings (SSSR count). The summed E-state index contributed by atoms with van der Waals surface area (Å²) < 4.78 is 0.920. The zero-order chi connectivity index (χ0) is 13.1. The number of rotatable bonds is 3. The minimum Gasteiger partial charge on any atom is -0.388 e. The fraction of sp³-hybridized carbons (Fsp3) is 0.143. The Bertz CT molecular complexity index is 557. The molecule has 1 unspecified atom stereocenters. The Balaban J connectivity index is 2.21. The maximum Gasteiger partial charge on any atom is 0.0845 e. The molecule has 2 aromatic carbocycles. The maximum atomic E-state index is 10.2. The van der Waals surface area contributed by atoms with Crippen LogP contribution < -0.4 is 0 Å². The van der Waals surface area contributed by atoms with Crippen molar-refractivity contribution in [2.75, 3.05) is 0 Å². The van der Waals surface area contributed by atoms with Crippen LogP contribution >= 0.6 is 39.1 Å². The van der Waals surface area contributed by atoms with Crippen molar-refractivity contribution in [1.82, 2.24) is 0 Å². The summed E-state index contributed by atoms with van der Waals surface area (Å²) in [5.41, 5.74) is 1.62. The number of benzene rings is 2. The van der Waals surface area contributed by atoms with Crippen LogP contribution in [-0.4, -0.2) is 5.11 Å². The van der Waals surface area contributed by atoms with E-state index in [9.17, 15) is 5.11 Å². The highest BCUT2D eigenvalue weighted by Gasteiger charge is 2.13. The molecule has 0 aliphatic heterocycles. The van der Waals surface area contributed by atoms with Gasteiger partial charge in [-0.05, 0) is 29.3 Å². The van der Waals surface area contributed by atoms with Crippen LogP contribution in [0.25, 0.3) is 0 Å². The van der Waals surface area contributed by atoms with Crippen molar-refractivity contribution in [3.8, 4) is 0 Å². The Kier molecular flexibility index (Phi) is 4.68. The lowest BCUT2D eigenvalue weighted by Crippen LogP contribution is -2.03. The first kappa shape index (κ1) is 13.9. The van der Waals surface area contributed by atoms with Crippen LogP contribution in [0.1, 0.15) is 17.2 Å². The molecule has 18 heavy (non-hydrogen) atoms. The van der Waals surface area contributed by atoms with Gasteiger partial charge in [-0.2, -0.15) is 0 Å². The molecule has 0 heterocycles. The Hall–Kier alpha value is -0.540. The van der Waals surface area contributed by atoms with E-state index < -0.39 is 6.10 Å². The Labute approximate surface area is 124 Å². The van der Waals surface area contributed by atoms with E-state index in [4.69, 9.17) is 23.2 Å². The minimum atomic E-state index is -0.655. The molecule has 0 radical (unpaired) electrons. The standard InChI is InChI=1S/C14H11BrCl2O/c15-10-6-5-9(13(17)8-10)7-14(18)11-3-1-2-4-12(11)16/h1-6,8,14,18H,7H2.